The van der Waals surface area contributed by atoms with Crippen molar-refractivity contribution in [3.05, 3.63) is 50.1 Å². The van der Waals surface area contributed by atoms with Gasteiger partial charge in [-0.15, -0.1) is 11.3 Å². The number of nitrogens with zero attached hydrogens (tertiary/aromatic N) is 1. The van der Waals surface area contributed by atoms with Gasteiger partial charge in [-0.25, -0.2) is 9.37 Å². The van der Waals surface area contributed by atoms with Gasteiger partial charge in [0.05, 0.1) is 0 Å². The highest BCUT2D eigenvalue weighted by atomic mass is 79.9. The van der Waals surface area contributed by atoms with E-state index in [2.05, 4.69) is 26.2 Å². The Morgan fingerprint density at radius 1 is 1.41 bits per heavy atom. The van der Waals surface area contributed by atoms with Crippen molar-refractivity contribution in [2.45, 2.75) is 20.0 Å². The van der Waals surface area contributed by atoms with Crippen molar-refractivity contribution < 1.29 is 4.39 Å². The van der Waals surface area contributed by atoms with Gasteiger partial charge in [0.15, 0.2) is 0 Å². The molecule has 90 valence electrons. The van der Waals surface area contributed by atoms with E-state index in [4.69, 9.17) is 0 Å². The van der Waals surface area contributed by atoms with Crippen molar-refractivity contribution in [3.8, 4) is 0 Å². The quantitative estimate of drug-likeness (QED) is 0.932. The molecule has 2 nitrogen and oxygen atoms in total. The summed E-state index contributed by atoms with van der Waals surface area (Å²) in [6.07, 6.45) is 1.85. The summed E-state index contributed by atoms with van der Waals surface area (Å²) in [6, 6.07) is 4.95. The highest BCUT2D eigenvalue weighted by molar-refractivity contribution is 9.10. The lowest BCUT2D eigenvalue weighted by atomic mass is 10.2. The van der Waals surface area contributed by atoms with Crippen LogP contribution < -0.4 is 5.32 Å². The third-order valence-corrected chi connectivity index (χ3v) is 3.67. The number of benzene rings is 1. The van der Waals surface area contributed by atoms with E-state index < -0.39 is 0 Å². The maximum Gasteiger partial charge on any atom is 0.127 e. The van der Waals surface area contributed by atoms with Crippen molar-refractivity contribution >= 4 is 27.3 Å². The molecule has 0 fully saturated rings. The smallest absolute Gasteiger partial charge is 0.127 e. The van der Waals surface area contributed by atoms with Gasteiger partial charge in [0.1, 0.15) is 10.8 Å². The number of aromatic nitrogens is 1. The lowest BCUT2D eigenvalue weighted by molar-refractivity contribution is 0.587. The number of aryl methyl sites for hydroxylation is 1. The largest absolute Gasteiger partial charge is 0.306 e. The molecular weight excluding hydrogens is 303 g/mol. The van der Waals surface area contributed by atoms with E-state index in [-0.39, 0.29) is 5.82 Å². The van der Waals surface area contributed by atoms with Crippen LogP contribution >= 0.6 is 27.3 Å². The lowest BCUT2D eigenvalue weighted by Gasteiger charge is -2.05. The van der Waals surface area contributed by atoms with E-state index >= 15 is 0 Å². The van der Waals surface area contributed by atoms with Crippen molar-refractivity contribution in [2.24, 2.45) is 0 Å². The Morgan fingerprint density at radius 2 is 2.24 bits per heavy atom. The summed E-state index contributed by atoms with van der Waals surface area (Å²) >= 11 is 4.99. The van der Waals surface area contributed by atoms with Gasteiger partial charge >= 0.3 is 0 Å². The highest BCUT2D eigenvalue weighted by Crippen LogP contribution is 2.16. The maximum absolute atomic E-state index is 13.4. The zero-order chi connectivity index (χ0) is 12.3. The molecule has 2 aromatic rings. The topological polar surface area (TPSA) is 24.9 Å². The first-order valence-electron chi connectivity index (χ1n) is 5.21. The SMILES string of the molecule is Cc1cnc(CNCc2cc(Br)ccc2F)s1. The van der Waals surface area contributed by atoms with Crippen LogP contribution in [0.4, 0.5) is 4.39 Å². The third-order valence-electron chi connectivity index (χ3n) is 2.27. The van der Waals surface area contributed by atoms with Gasteiger partial charge in [-0.1, -0.05) is 15.9 Å². The molecule has 0 spiro atoms. The minimum Gasteiger partial charge on any atom is -0.306 e. The second kappa shape index (κ2) is 5.71. The molecule has 0 amide bonds. The predicted octanol–water partition coefficient (Wildman–Crippen LogP) is 3.64. The van der Waals surface area contributed by atoms with Gasteiger partial charge in [0, 0.05) is 34.2 Å². The van der Waals surface area contributed by atoms with Crippen LogP contribution in [0.5, 0.6) is 0 Å². The predicted molar refractivity (Wildman–Crippen MR) is 71.5 cm³/mol. The average Bonchev–Trinajstić information content (AvgIpc) is 2.69. The molecule has 0 radical (unpaired) electrons. The van der Waals surface area contributed by atoms with E-state index in [1.54, 1.807) is 23.5 Å². The molecule has 1 aromatic carbocycles. The monoisotopic (exact) mass is 314 g/mol. The van der Waals surface area contributed by atoms with Crippen LogP contribution in [0, 0.1) is 12.7 Å². The Labute approximate surface area is 112 Å². The van der Waals surface area contributed by atoms with Crippen LogP contribution in [0.25, 0.3) is 0 Å². The summed E-state index contributed by atoms with van der Waals surface area (Å²) in [5.74, 6) is -0.184. The first-order chi connectivity index (χ1) is 8.15. The molecule has 0 saturated carbocycles. The van der Waals surface area contributed by atoms with Crippen molar-refractivity contribution in [1.82, 2.24) is 10.3 Å². The highest BCUT2D eigenvalue weighted by Gasteiger charge is 2.03. The van der Waals surface area contributed by atoms with Gasteiger partial charge in [0.2, 0.25) is 0 Å². The molecule has 0 atom stereocenters. The first-order valence-corrected chi connectivity index (χ1v) is 6.82. The second-order valence-corrected chi connectivity index (χ2v) is 5.94. The van der Waals surface area contributed by atoms with Gasteiger partial charge in [0.25, 0.3) is 0 Å². The minimum atomic E-state index is -0.184. The normalized spacial score (nSPS) is 10.8. The van der Waals surface area contributed by atoms with Crippen LogP contribution in [-0.4, -0.2) is 4.98 Å². The molecule has 1 aromatic heterocycles. The molecule has 0 bridgehead atoms. The second-order valence-electron chi connectivity index (χ2n) is 3.70. The number of thiazole rings is 1. The molecule has 0 unspecified atom stereocenters. The summed E-state index contributed by atoms with van der Waals surface area (Å²) in [7, 11) is 0. The molecule has 0 aliphatic carbocycles. The fourth-order valence-corrected chi connectivity index (χ4v) is 2.63. The summed E-state index contributed by atoms with van der Waals surface area (Å²) in [6.45, 7) is 3.20. The summed E-state index contributed by atoms with van der Waals surface area (Å²) in [4.78, 5) is 5.43. The van der Waals surface area contributed by atoms with Crippen LogP contribution in [-0.2, 0) is 13.1 Å². The number of rotatable bonds is 4. The van der Waals surface area contributed by atoms with Crippen LogP contribution in [0.1, 0.15) is 15.4 Å². The van der Waals surface area contributed by atoms with Crippen LogP contribution in [0.2, 0.25) is 0 Å². The zero-order valence-electron chi connectivity index (χ0n) is 9.34. The molecule has 17 heavy (non-hydrogen) atoms. The number of hydrogen-bond acceptors (Lipinski definition) is 3. The Bertz CT molecular complexity index is 513. The van der Waals surface area contributed by atoms with Gasteiger partial charge in [-0.05, 0) is 25.1 Å². The third kappa shape index (κ3) is 3.59. The fourth-order valence-electron chi connectivity index (χ4n) is 1.47. The molecule has 1 N–H and O–H groups in total. The lowest BCUT2D eigenvalue weighted by Crippen LogP contribution is -2.13. The summed E-state index contributed by atoms with van der Waals surface area (Å²) in [5.41, 5.74) is 0.660. The van der Waals surface area contributed by atoms with Crippen molar-refractivity contribution in [3.63, 3.8) is 0 Å². The molecule has 0 aliphatic rings. The average molecular weight is 315 g/mol. The zero-order valence-corrected chi connectivity index (χ0v) is 11.7. The molecular formula is C12H12BrFN2S. The molecule has 2 rings (SSSR count). The van der Waals surface area contributed by atoms with E-state index in [0.29, 0.717) is 18.7 Å². The van der Waals surface area contributed by atoms with Gasteiger partial charge in [-0.3, -0.25) is 0 Å². The Morgan fingerprint density at radius 3 is 2.94 bits per heavy atom. The Kier molecular flexibility index (Phi) is 4.25. The molecule has 1 heterocycles. The van der Waals surface area contributed by atoms with Crippen LogP contribution in [0.3, 0.4) is 0 Å². The van der Waals surface area contributed by atoms with Crippen molar-refractivity contribution in [2.75, 3.05) is 0 Å². The van der Waals surface area contributed by atoms with E-state index in [0.717, 1.165) is 9.48 Å². The molecule has 0 aliphatic heterocycles. The van der Waals surface area contributed by atoms with Crippen LogP contribution in [0.15, 0.2) is 28.9 Å². The van der Waals surface area contributed by atoms with E-state index in [1.165, 1.54) is 10.9 Å². The molecule has 0 saturated heterocycles. The fraction of sp³-hybridized carbons (Fsp3) is 0.250. The Balaban J connectivity index is 1.91. The Hall–Kier alpha value is -0.780. The number of halogens is 2. The molecule has 5 heteroatoms. The standard InChI is InChI=1S/C12H12BrFN2S/c1-8-5-16-12(17-8)7-15-6-9-4-10(13)2-3-11(9)14/h2-5,15H,6-7H2,1H3. The number of hydrogen-bond donors (Lipinski definition) is 1. The first kappa shape index (κ1) is 12.7. The summed E-state index contributed by atoms with van der Waals surface area (Å²) in [5, 5.41) is 4.21. The maximum atomic E-state index is 13.4. The van der Waals surface area contributed by atoms with Gasteiger partial charge in [-0.2, -0.15) is 0 Å². The van der Waals surface area contributed by atoms with Crippen molar-refractivity contribution in [1.29, 1.82) is 0 Å². The van der Waals surface area contributed by atoms with E-state index in [9.17, 15) is 4.39 Å². The summed E-state index contributed by atoms with van der Waals surface area (Å²) < 4.78 is 14.3. The number of nitrogens with one attached hydrogen (secondary N) is 1. The van der Waals surface area contributed by atoms with Gasteiger partial charge < -0.3 is 5.32 Å². The minimum absolute atomic E-state index is 0.184. The van der Waals surface area contributed by atoms with E-state index in [1.807, 2.05) is 13.1 Å².